The molecule has 0 saturated heterocycles. The monoisotopic (exact) mass is 531 g/mol. The van der Waals surface area contributed by atoms with E-state index in [-0.39, 0.29) is 12.1 Å². The molecule has 2 aromatic carbocycles. The van der Waals surface area contributed by atoms with Crippen molar-refractivity contribution in [3.05, 3.63) is 68.7 Å². The number of carbonyl (C=O) groups excluding carboxylic acids is 1. The number of hydrogen-bond donors (Lipinski definition) is 3. The number of nitrogen functional groups attached to an aromatic ring is 1. The molecule has 4 N–H and O–H groups in total. The summed E-state index contributed by atoms with van der Waals surface area (Å²) in [6.07, 6.45) is 1.77. The van der Waals surface area contributed by atoms with Gasteiger partial charge in [0.2, 0.25) is 0 Å². The molecule has 158 valence electrons. The normalized spacial score (nSPS) is 11.0. The summed E-state index contributed by atoms with van der Waals surface area (Å²) in [5.41, 5.74) is 10.6. The van der Waals surface area contributed by atoms with Crippen LogP contribution in [0.4, 0.5) is 10.2 Å². The van der Waals surface area contributed by atoms with Gasteiger partial charge in [-0.3, -0.25) is 14.9 Å². The Balaban J connectivity index is 1.58. The second-order valence-electron chi connectivity index (χ2n) is 6.99. The molecule has 1 amide bonds. The van der Waals surface area contributed by atoms with Crippen molar-refractivity contribution in [3.8, 4) is 17.0 Å². The molecule has 0 unspecified atom stereocenters. The fraction of sp³-hybridized carbons (Fsp3) is 0.136. The number of amides is 1. The summed E-state index contributed by atoms with van der Waals surface area (Å²) in [6.45, 7) is 2.25. The fourth-order valence-electron chi connectivity index (χ4n) is 3.46. The molecular formula is C22H19FIN5O2. The van der Waals surface area contributed by atoms with Gasteiger partial charge in [-0.2, -0.15) is 5.10 Å². The molecule has 9 heteroatoms. The van der Waals surface area contributed by atoms with Crippen molar-refractivity contribution >= 4 is 45.2 Å². The maximum atomic E-state index is 13.5. The van der Waals surface area contributed by atoms with E-state index in [2.05, 4.69) is 43.1 Å². The van der Waals surface area contributed by atoms with Crippen LogP contribution in [0.15, 0.2) is 42.6 Å². The number of H-pyrrole nitrogens is 1. The predicted octanol–water partition coefficient (Wildman–Crippen LogP) is 4.20. The lowest BCUT2D eigenvalue weighted by Crippen LogP contribution is -2.23. The van der Waals surface area contributed by atoms with Crippen LogP contribution >= 0.6 is 22.6 Å². The number of nitrogens with two attached hydrogens (primary N) is 1. The van der Waals surface area contributed by atoms with Crippen molar-refractivity contribution in [1.82, 2.24) is 20.5 Å². The highest BCUT2D eigenvalue weighted by atomic mass is 127. The minimum absolute atomic E-state index is 0.150. The van der Waals surface area contributed by atoms with Gasteiger partial charge >= 0.3 is 0 Å². The summed E-state index contributed by atoms with van der Waals surface area (Å²) in [7, 11) is 1.44. The molecule has 0 spiro atoms. The van der Waals surface area contributed by atoms with Crippen LogP contribution in [0.2, 0.25) is 0 Å². The number of aromatic amines is 1. The van der Waals surface area contributed by atoms with Crippen molar-refractivity contribution in [2.24, 2.45) is 0 Å². The largest absolute Gasteiger partial charge is 0.496 e. The Hall–Kier alpha value is -3.21. The number of ether oxygens (including phenoxy) is 1. The summed E-state index contributed by atoms with van der Waals surface area (Å²) in [5, 5.41) is 10.7. The summed E-state index contributed by atoms with van der Waals surface area (Å²) >= 11 is 2.19. The molecule has 0 aliphatic carbocycles. The van der Waals surface area contributed by atoms with Gasteiger partial charge in [0.1, 0.15) is 11.6 Å². The van der Waals surface area contributed by atoms with E-state index in [4.69, 9.17) is 10.5 Å². The number of nitrogens with one attached hydrogen (secondary N) is 2. The minimum Gasteiger partial charge on any atom is -0.496 e. The molecule has 0 saturated carbocycles. The van der Waals surface area contributed by atoms with E-state index in [9.17, 15) is 9.18 Å². The molecule has 4 rings (SSSR count). The van der Waals surface area contributed by atoms with E-state index in [1.165, 1.54) is 19.2 Å². The number of aryl methyl sites for hydroxylation is 1. The number of benzene rings is 2. The van der Waals surface area contributed by atoms with Gasteiger partial charge in [0.15, 0.2) is 5.82 Å². The number of rotatable bonds is 5. The zero-order valence-corrected chi connectivity index (χ0v) is 19.0. The first-order valence-electron chi connectivity index (χ1n) is 9.38. The van der Waals surface area contributed by atoms with Crippen LogP contribution in [-0.4, -0.2) is 28.2 Å². The Labute approximate surface area is 191 Å². The second-order valence-corrected chi connectivity index (χ2v) is 8.15. The van der Waals surface area contributed by atoms with E-state index in [0.29, 0.717) is 11.6 Å². The molecule has 4 aromatic rings. The Kier molecular flexibility index (Phi) is 5.77. The molecule has 0 atom stereocenters. The predicted molar refractivity (Wildman–Crippen MR) is 125 cm³/mol. The molecule has 2 aromatic heterocycles. The third kappa shape index (κ3) is 4.05. The Morgan fingerprint density at radius 2 is 2.10 bits per heavy atom. The number of methoxy groups -OCH3 is 1. The SMILES string of the molecule is COc1ccc(F)cc1C(=O)NCc1ccc(-c2ncc(I)c3[nH]nc(N)c23)c(C)c1. The lowest BCUT2D eigenvalue weighted by Gasteiger charge is -2.12. The zero-order valence-electron chi connectivity index (χ0n) is 16.8. The van der Waals surface area contributed by atoms with Gasteiger partial charge in [0, 0.05) is 18.3 Å². The first-order chi connectivity index (χ1) is 14.9. The first kappa shape index (κ1) is 21.0. The number of hydrogen-bond acceptors (Lipinski definition) is 5. The minimum atomic E-state index is -0.499. The molecule has 0 fully saturated rings. The third-order valence-corrected chi connectivity index (χ3v) is 5.80. The topological polar surface area (TPSA) is 106 Å². The number of pyridine rings is 1. The quantitative estimate of drug-likeness (QED) is 0.335. The number of aromatic nitrogens is 3. The van der Waals surface area contributed by atoms with Crippen LogP contribution < -0.4 is 15.8 Å². The third-order valence-electron chi connectivity index (χ3n) is 4.98. The molecule has 0 bridgehead atoms. The second kappa shape index (κ2) is 8.50. The Morgan fingerprint density at radius 1 is 1.29 bits per heavy atom. The summed E-state index contributed by atoms with van der Waals surface area (Å²) in [6, 6.07) is 9.67. The van der Waals surface area contributed by atoms with Gasteiger partial charge in [-0.25, -0.2) is 4.39 Å². The lowest BCUT2D eigenvalue weighted by molar-refractivity contribution is 0.0947. The highest BCUT2D eigenvalue weighted by Crippen LogP contribution is 2.33. The average Bonchev–Trinajstić information content (AvgIpc) is 3.15. The van der Waals surface area contributed by atoms with E-state index in [1.807, 2.05) is 25.1 Å². The summed E-state index contributed by atoms with van der Waals surface area (Å²) in [5.74, 6) is -0.195. The molecule has 0 radical (unpaired) electrons. The van der Waals surface area contributed by atoms with Gasteiger partial charge in [-0.1, -0.05) is 18.2 Å². The van der Waals surface area contributed by atoms with Crippen LogP contribution in [0.1, 0.15) is 21.5 Å². The maximum absolute atomic E-state index is 13.5. The van der Waals surface area contributed by atoms with Crippen molar-refractivity contribution in [2.75, 3.05) is 12.8 Å². The maximum Gasteiger partial charge on any atom is 0.255 e. The number of nitrogens with zero attached hydrogens (tertiary/aromatic N) is 2. The van der Waals surface area contributed by atoms with Crippen molar-refractivity contribution in [2.45, 2.75) is 13.5 Å². The molecule has 7 nitrogen and oxygen atoms in total. The average molecular weight is 531 g/mol. The van der Waals surface area contributed by atoms with Crippen LogP contribution in [0, 0.1) is 16.3 Å². The number of anilines is 1. The van der Waals surface area contributed by atoms with Crippen LogP contribution in [0.25, 0.3) is 22.2 Å². The van der Waals surface area contributed by atoms with Gasteiger partial charge in [0.05, 0.1) is 32.8 Å². The van der Waals surface area contributed by atoms with Gasteiger partial charge in [-0.05, 0) is 58.8 Å². The number of carbonyl (C=O) groups is 1. The van der Waals surface area contributed by atoms with Crippen molar-refractivity contribution < 1.29 is 13.9 Å². The zero-order chi connectivity index (χ0) is 22.1. The van der Waals surface area contributed by atoms with Crippen LogP contribution in [0.3, 0.4) is 0 Å². The number of fused-ring (bicyclic) bond motifs is 1. The van der Waals surface area contributed by atoms with Crippen LogP contribution in [-0.2, 0) is 6.54 Å². The van der Waals surface area contributed by atoms with Crippen LogP contribution in [0.5, 0.6) is 5.75 Å². The Bertz CT molecular complexity index is 1300. The fourth-order valence-corrected chi connectivity index (χ4v) is 3.99. The first-order valence-corrected chi connectivity index (χ1v) is 10.5. The van der Waals surface area contributed by atoms with E-state index in [0.717, 1.165) is 42.9 Å². The summed E-state index contributed by atoms with van der Waals surface area (Å²) < 4.78 is 19.6. The molecular weight excluding hydrogens is 512 g/mol. The molecule has 2 heterocycles. The standard InChI is InChI=1S/C22H19FIN5O2/c1-11-7-12(9-27-22(30)15-8-13(23)4-6-17(15)31-2)3-5-14(11)19-18-20(16(24)10-26-19)28-29-21(18)25/h3-8,10H,9H2,1-2H3,(H,27,30)(H3,25,28,29). The van der Waals surface area contributed by atoms with Crippen molar-refractivity contribution in [3.63, 3.8) is 0 Å². The number of halogens is 2. The van der Waals surface area contributed by atoms with E-state index in [1.54, 1.807) is 6.20 Å². The lowest BCUT2D eigenvalue weighted by atomic mass is 10.00. The smallest absolute Gasteiger partial charge is 0.255 e. The van der Waals surface area contributed by atoms with Crippen molar-refractivity contribution in [1.29, 1.82) is 0 Å². The highest BCUT2D eigenvalue weighted by Gasteiger charge is 2.17. The van der Waals surface area contributed by atoms with Gasteiger partial charge < -0.3 is 15.8 Å². The van der Waals surface area contributed by atoms with Gasteiger partial charge in [-0.15, -0.1) is 0 Å². The molecule has 31 heavy (non-hydrogen) atoms. The molecule has 0 aliphatic rings. The van der Waals surface area contributed by atoms with E-state index < -0.39 is 11.7 Å². The Morgan fingerprint density at radius 3 is 2.84 bits per heavy atom. The highest BCUT2D eigenvalue weighted by molar-refractivity contribution is 14.1. The summed E-state index contributed by atoms with van der Waals surface area (Å²) in [4.78, 5) is 17.1. The van der Waals surface area contributed by atoms with Gasteiger partial charge in [0.25, 0.3) is 5.91 Å². The van der Waals surface area contributed by atoms with E-state index >= 15 is 0 Å². The molecule has 0 aliphatic heterocycles.